The highest BCUT2D eigenvalue weighted by molar-refractivity contribution is 5.80. The molecule has 0 bridgehead atoms. The Morgan fingerprint density at radius 1 is 1.19 bits per heavy atom. The number of aromatic nitrogens is 3. The van der Waals surface area contributed by atoms with Gasteiger partial charge in [0.05, 0.1) is 16.8 Å². The SMILES string of the molecule is CC(C)(Cc1ccc(C(F)(F)F)c(-c2nc(-c3ccc(C#CC4CC4)nc3)cc(=O)[nH]2)c1F)C(N)=O. The van der Waals surface area contributed by atoms with Crippen LogP contribution < -0.4 is 11.3 Å². The molecule has 2 heterocycles. The first-order valence-corrected chi connectivity index (χ1v) is 11.1. The zero-order valence-corrected chi connectivity index (χ0v) is 19.5. The van der Waals surface area contributed by atoms with Crippen molar-refractivity contribution in [3.05, 3.63) is 69.5 Å². The van der Waals surface area contributed by atoms with Gasteiger partial charge in [-0.1, -0.05) is 25.8 Å². The summed E-state index contributed by atoms with van der Waals surface area (Å²) in [5.74, 6) is 3.80. The standard InChI is InChI=1S/C26H22F4N4O2/c1-25(2,24(31)36)12-15-7-10-18(26(28,29)30)21(22(15)27)23-33-19(11-20(35)34-23)16-6-9-17(32-13-16)8-5-14-3-4-14/h6-7,9-11,13-14H,3-4,12H2,1-2H3,(H2,31,36)(H,33,34,35). The summed E-state index contributed by atoms with van der Waals surface area (Å²) < 4.78 is 57.1. The zero-order valence-electron chi connectivity index (χ0n) is 19.5. The summed E-state index contributed by atoms with van der Waals surface area (Å²) in [6.07, 6.45) is -1.68. The predicted octanol–water partition coefficient (Wildman–Crippen LogP) is 4.47. The van der Waals surface area contributed by atoms with Crippen molar-refractivity contribution in [2.75, 3.05) is 0 Å². The third-order valence-corrected chi connectivity index (χ3v) is 5.85. The number of nitrogens with two attached hydrogens (primary N) is 1. The quantitative estimate of drug-likeness (QED) is 0.400. The number of benzene rings is 1. The van der Waals surface area contributed by atoms with Crippen molar-refractivity contribution in [1.29, 1.82) is 0 Å². The minimum atomic E-state index is -4.94. The van der Waals surface area contributed by atoms with Gasteiger partial charge in [0.15, 0.2) is 0 Å². The fourth-order valence-electron chi connectivity index (χ4n) is 3.53. The number of nitrogens with zero attached hydrogens (tertiary/aromatic N) is 2. The smallest absolute Gasteiger partial charge is 0.369 e. The van der Waals surface area contributed by atoms with Gasteiger partial charge in [-0.2, -0.15) is 13.2 Å². The Labute approximate surface area is 204 Å². The molecule has 1 amide bonds. The number of aromatic amines is 1. The van der Waals surface area contributed by atoms with Crippen LogP contribution in [-0.4, -0.2) is 20.9 Å². The topological polar surface area (TPSA) is 102 Å². The van der Waals surface area contributed by atoms with Crippen LogP contribution in [0.1, 0.15) is 43.5 Å². The minimum Gasteiger partial charge on any atom is -0.369 e. The molecule has 1 fully saturated rings. The molecule has 10 heteroatoms. The number of primary amides is 1. The van der Waals surface area contributed by atoms with Gasteiger partial charge in [-0.15, -0.1) is 0 Å². The predicted molar refractivity (Wildman–Crippen MR) is 125 cm³/mol. The van der Waals surface area contributed by atoms with Crippen molar-refractivity contribution in [2.45, 2.75) is 39.3 Å². The monoisotopic (exact) mass is 498 g/mol. The third-order valence-electron chi connectivity index (χ3n) is 5.85. The first-order valence-electron chi connectivity index (χ1n) is 11.1. The van der Waals surface area contributed by atoms with Crippen LogP contribution in [0.25, 0.3) is 22.6 Å². The number of halogens is 4. The van der Waals surface area contributed by atoms with E-state index in [1.807, 2.05) is 0 Å². The van der Waals surface area contributed by atoms with Gasteiger partial charge in [-0.25, -0.2) is 14.4 Å². The number of pyridine rings is 1. The Balaban J connectivity index is 1.81. The molecule has 36 heavy (non-hydrogen) atoms. The van der Waals surface area contributed by atoms with Crippen LogP contribution in [0, 0.1) is 29.0 Å². The van der Waals surface area contributed by atoms with E-state index < -0.39 is 45.8 Å². The van der Waals surface area contributed by atoms with Crippen molar-refractivity contribution in [3.63, 3.8) is 0 Å². The summed E-state index contributed by atoms with van der Waals surface area (Å²) >= 11 is 0. The molecule has 1 aliphatic carbocycles. The Morgan fingerprint density at radius 2 is 1.92 bits per heavy atom. The van der Waals surface area contributed by atoms with Gasteiger partial charge in [-0.3, -0.25) is 9.59 Å². The molecule has 0 unspecified atom stereocenters. The third kappa shape index (κ3) is 5.46. The van der Waals surface area contributed by atoms with E-state index in [0.29, 0.717) is 23.2 Å². The largest absolute Gasteiger partial charge is 0.417 e. The summed E-state index contributed by atoms with van der Waals surface area (Å²) in [5.41, 5.74) is 1.81. The second kappa shape index (κ2) is 9.22. The maximum atomic E-state index is 15.6. The van der Waals surface area contributed by atoms with Crippen LogP contribution in [0.2, 0.25) is 0 Å². The maximum Gasteiger partial charge on any atom is 0.417 e. The molecule has 0 spiro atoms. The molecular weight excluding hydrogens is 476 g/mol. The van der Waals surface area contributed by atoms with Crippen LogP contribution in [-0.2, 0) is 17.4 Å². The number of amides is 1. The van der Waals surface area contributed by atoms with Crippen LogP contribution in [0.15, 0.2) is 41.3 Å². The van der Waals surface area contributed by atoms with Crippen molar-refractivity contribution in [1.82, 2.24) is 15.0 Å². The number of alkyl halides is 3. The number of H-pyrrole nitrogens is 1. The highest BCUT2D eigenvalue weighted by Gasteiger charge is 2.38. The fourth-order valence-corrected chi connectivity index (χ4v) is 3.53. The van der Waals surface area contributed by atoms with Gasteiger partial charge in [0.25, 0.3) is 5.56 Å². The van der Waals surface area contributed by atoms with Gasteiger partial charge in [0.2, 0.25) is 5.91 Å². The molecule has 3 aromatic rings. The lowest BCUT2D eigenvalue weighted by molar-refractivity contribution is -0.137. The summed E-state index contributed by atoms with van der Waals surface area (Å²) in [6, 6.07) is 5.94. The van der Waals surface area contributed by atoms with Crippen LogP contribution >= 0.6 is 0 Å². The van der Waals surface area contributed by atoms with Gasteiger partial charge in [0, 0.05) is 29.2 Å². The van der Waals surface area contributed by atoms with Crippen molar-refractivity contribution in [2.24, 2.45) is 17.1 Å². The first-order chi connectivity index (χ1) is 16.8. The van der Waals surface area contributed by atoms with E-state index in [2.05, 4.69) is 26.8 Å². The molecule has 6 nitrogen and oxygen atoms in total. The van der Waals surface area contributed by atoms with Crippen LogP contribution in [0.5, 0.6) is 0 Å². The minimum absolute atomic E-state index is 0.0124. The van der Waals surface area contributed by atoms with Gasteiger partial charge in [-0.05, 0) is 48.9 Å². The van der Waals surface area contributed by atoms with Crippen LogP contribution in [0.4, 0.5) is 17.6 Å². The fraction of sp³-hybridized carbons (Fsp3) is 0.308. The average Bonchev–Trinajstić information content (AvgIpc) is 3.62. The van der Waals surface area contributed by atoms with Crippen molar-refractivity contribution >= 4 is 5.91 Å². The number of carbonyl (C=O) groups is 1. The highest BCUT2D eigenvalue weighted by atomic mass is 19.4. The molecule has 2 aromatic heterocycles. The molecule has 4 rings (SSSR count). The Bertz CT molecular complexity index is 1440. The molecule has 3 N–H and O–H groups in total. The summed E-state index contributed by atoms with van der Waals surface area (Å²) in [7, 11) is 0. The van der Waals surface area contributed by atoms with E-state index in [1.165, 1.54) is 20.0 Å². The molecule has 0 radical (unpaired) electrons. The lowest BCUT2D eigenvalue weighted by Crippen LogP contribution is -2.33. The molecule has 1 aromatic carbocycles. The van der Waals surface area contributed by atoms with E-state index >= 15 is 4.39 Å². The molecule has 1 aliphatic rings. The summed E-state index contributed by atoms with van der Waals surface area (Å²) in [4.78, 5) is 34.6. The Morgan fingerprint density at radius 3 is 2.50 bits per heavy atom. The lowest BCUT2D eigenvalue weighted by Gasteiger charge is -2.22. The second-order valence-electron chi connectivity index (χ2n) is 9.34. The van der Waals surface area contributed by atoms with Crippen molar-refractivity contribution < 1.29 is 22.4 Å². The molecule has 0 saturated heterocycles. The zero-order chi connectivity index (χ0) is 26.3. The Hall–Kier alpha value is -4.00. The van der Waals surface area contributed by atoms with Gasteiger partial charge < -0.3 is 10.7 Å². The van der Waals surface area contributed by atoms with Crippen LogP contribution in [0.3, 0.4) is 0 Å². The number of nitrogens with one attached hydrogen (secondary N) is 1. The molecule has 186 valence electrons. The molecule has 0 atom stereocenters. The first kappa shape index (κ1) is 25.1. The summed E-state index contributed by atoms with van der Waals surface area (Å²) in [6.45, 7) is 2.91. The van der Waals surface area contributed by atoms with Gasteiger partial charge in [0.1, 0.15) is 17.3 Å². The van der Waals surface area contributed by atoms with Crippen molar-refractivity contribution in [3.8, 4) is 34.5 Å². The number of rotatable bonds is 5. The van der Waals surface area contributed by atoms with E-state index in [-0.39, 0.29) is 17.7 Å². The normalized spacial score (nSPS) is 13.7. The van der Waals surface area contributed by atoms with E-state index in [0.717, 1.165) is 25.0 Å². The van der Waals surface area contributed by atoms with E-state index in [9.17, 15) is 22.8 Å². The summed E-state index contributed by atoms with van der Waals surface area (Å²) in [5, 5.41) is 0. The highest BCUT2D eigenvalue weighted by Crippen LogP contribution is 2.39. The Kier molecular flexibility index (Phi) is 6.43. The number of carbonyl (C=O) groups excluding carboxylic acids is 1. The van der Waals surface area contributed by atoms with E-state index in [4.69, 9.17) is 5.73 Å². The average molecular weight is 498 g/mol. The van der Waals surface area contributed by atoms with E-state index in [1.54, 1.807) is 12.1 Å². The maximum absolute atomic E-state index is 15.6. The molecular formula is C26H22F4N4O2. The van der Waals surface area contributed by atoms with Gasteiger partial charge >= 0.3 is 6.18 Å². The number of hydrogen-bond acceptors (Lipinski definition) is 4. The molecule has 0 aliphatic heterocycles. The number of hydrogen-bond donors (Lipinski definition) is 2. The second-order valence-corrected chi connectivity index (χ2v) is 9.34. The lowest BCUT2D eigenvalue weighted by atomic mass is 9.84. The molecule has 1 saturated carbocycles.